The Morgan fingerprint density at radius 1 is 0.865 bits per heavy atom. The normalized spacial score (nSPS) is 14.2. The molecule has 4 unspecified atom stereocenters. The van der Waals surface area contributed by atoms with Crippen LogP contribution in [0, 0.1) is 5.92 Å². The van der Waals surface area contributed by atoms with Gasteiger partial charge < -0.3 is 43.4 Å². The van der Waals surface area contributed by atoms with E-state index in [0.717, 1.165) is 0 Å². The number of phenolic OH excluding ortho intramolecular Hbond substituents is 1. The molecule has 0 radical (unpaired) electrons. The number of carboxylic acid groups (broad SMARTS) is 1. The van der Waals surface area contributed by atoms with Crippen LogP contribution in [0.3, 0.4) is 0 Å². The van der Waals surface area contributed by atoms with Crippen molar-refractivity contribution < 1.29 is 34.2 Å². The number of nitrogens with one attached hydrogen (secondary N) is 3. The molecular formula is C24H38N6O7. The van der Waals surface area contributed by atoms with Crippen molar-refractivity contribution in [3.05, 3.63) is 29.8 Å². The molecular weight excluding hydrogens is 484 g/mol. The van der Waals surface area contributed by atoms with E-state index in [-0.39, 0.29) is 24.5 Å². The van der Waals surface area contributed by atoms with E-state index in [1.165, 1.54) is 12.1 Å². The van der Waals surface area contributed by atoms with Crippen LogP contribution in [0.2, 0.25) is 0 Å². The van der Waals surface area contributed by atoms with Crippen LogP contribution in [-0.4, -0.2) is 70.5 Å². The van der Waals surface area contributed by atoms with Crippen molar-refractivity contribution in [2.45, 2.75) is 70.1 Å². The molecule has 1 aromatic rings. The van der Waals surface area contributed by atoms with Crippen LogP contribution < -0.4 is 33.2 Å². The number of unbranched alkanes of at least 4 members (excludes halogenated alkanes) is 1. The van der Waals surface area contributed by atoms with E-state index in [4.69, 9.17) is 17.2 Å². The van der Waals surface area contributed by atoms with E-state index in [1.807, 2.05) is 0 Å². The molecule has 0 fully saturated rings. The molecule has 1 rings (SSSR count). The Kier molecular flexibility index (Phi) is 13.0. The molecule has 0 aliphatic heterocycles. The average molecular weight is 523 g/mol. The highest BCUT2D eigenvalue weighted by Gasteiger charge is 2.31. The molecule has 0 bridgehead atoms. The SMILES string of the molecule is CC(C)C(N)C(=O)NC(Cc1ccc(O)cc1)C(=O)NC(CCCCN)C(=O)NC(CC(N)=O)C(=O)O. The Bertz CT molecular complexity index is 938. The Hall–Kier alpha value is -3.71. The minimum Gasteiger partial charge on any atom is -0.508 e. The first kappa shape index (κ1) is 31.3. The first-order valence-corrected chi connectivity index (χ1v) is 12.0. The lowest BCUT2D eigenvalue weighted by Crippen LogP contribution is -2.58. The molecule has 4 atom stereocenters. The third-order valence-corrected chi connectivity index (χ3v) is 5.63. The molecule has 13 heteroatoms. The lowest BCUT2D eigenvalue weighted by atomic mass is 10.0. The van der Waals surface area contributed by atoms with E-state index >= 15 is 0 Å². The predicted octanol–water partition coefficient (Wildman–Crippen LogP) is -1.54. The van der Waals surface area contributed by atoms with Gasteiger partial charge in [0.15, 0.2) is 0 Å². The second-order valence-corrected chi connectivity index (χ2v) is 9.12. The second kappa shape index (κ2) is 15.4. The summed E-state index contributed by atoms with van der Waals surface area (Å²) in [4.78, 5) is 61.5. The zero-order valence-corrected chi connectivity index (χ0v) is 21.1. The highest BCUT2D eigenvalue weighted by atomic mass is 16.4. The number of aromatic hydroxyl groups is 1. The van der Waals surface area contributed by atoms with Crippen LogP contribution in [-0.2, 0) is 30.4 Å². The average Bonchev–Trinajstić information content (AvgIpc) is 2.82. The highest BCUT2D eigenvalue weighted by molar-refractivity contribution is 5.95. The summed E-state index contributed by atoms with van der Waals surface area (Å²) in [5.74, 6) is -4.65. The van der Waals surface area contributed by atoms with Gasteiger partial charge in [-0.05, 0) is 49.4 Å². The summed E-state index contributed by atoms with van der Waals surface area (Å²) in [6, 6.07) is 1.26. The zero-order valence-electron chi connectivity index (χ0n) is 21.1. The first-order valence-electron chi connectivity index (χ1n) is 12.0. The van der Waals surface area contributed by atoms with Crippen LogP contribution in [0.15, 0.2) is 24.3 Å². The monoisotopic (exact) mass is 522 g/mol. The number of hydrogen-bond acceptors (Lipinski definition) is 8. The molecule has 4 amide bonds. The number of carbonyl (C=O) groups excluding carboxylic acids is 4. The molecule has 206 valence electrons. The van der Waals surface area contributed by atoms with Gasteiger partial charge in [-0.3, -0.25) is 19.2 Å². The third kappa shape index (κ3) is 11.3. The van der Waals surface area contributed by atoms with E-state index in [9.17, 15) is 34.2 Å². The van der Waals surface area contributed by atoms with Crippen LogP contribution in [0.4, 0.5) is 0 Å². The molecule has 0 saturated heterocycles. The van der Waals surface area contributed by atoms with Crippen molar-refractivity contribution in [2.24, 2.45) is 23.1 Å². The van der Waals surface area contributed by atoms with Crippen molar-refractivity contribution in [1.29, 1.82) is 0 Å². The van der Waals surface area contributed by atoms with E-state index in [2.05, 4.69) is 16.0 Å². The molecule has 13 nitrogen and oxygen atoms in total. The smallest absolute Gasteiger partial charge is 0.326 e. The Balaban J connectivity index is 3.15. The topological polar surface area (TPSA) is 240 Å². The number of hydrogen-bond donors (Lipinski definition) is 8. The fraction of sp³-hybridized carbons (Fsp3) is 0.542. The maximum atomic E-state index is 13.3. The molecule has 0 heterocycles. The predicted molar refractivity (Wildman–Crippen MR) is 135 cm³/mol. The van der Waals surface area contributed by atoms with Crippen LogP contribution in [0.5, 0.6) is 5.75 Å². The van der Waals surface area contributed by atoms with Gasteiger partial charge in [0, 0.05) is 6.42 Å². The van der Waals surface area contributed by atoms with E-state index in [0.29, 0.717) is 24.9 Å². The third-order valence-electron chi connectivity index (χ3n) is 5.63. The van der Waals surface area contributed by atoms with Gasteiger partial charge in [0.2, 0.25) is 23.6 Å². The van der Waals surface area contributed by atoms with Gasteiger partial charge in [-0.1, -0.05) is 26.0 Å². The number of nitrogens with two attached hydrogens (primary N) is 3. The molecule has 0 saturated carbocycles. The molecule has 1 aromatic carbocycles. The number of primary amides is 1. The molecule has 0 aliphatic carbocycles. The van der Waals surface area contributed by atoms with Gasteiger partial charge in [0.25, 0.3) is 0 Å². The van der Waals surface area contributed by atoms with E-state index in [1.54, 1.807) is 26.0 Å². The minimum absolute atomic E-state index is 0.0243. The Morgan fingerprint density at radius 2 is 1.41 bits per heavy atom. The molecule has 0 aromatic heterocycles. The number of rotatable bonds is 16. The van der Waals surface area contributed by atoms with Crippen molar-refractivity contribution in [3.63, 3.8) is 0 Å². The molecule has 0 aliphatic rings. The van der Waals surface area contributed by atoms with Gasteiger partial charge in [-0.15, -0.1) is 0 Å². The van der Waals surface area contributed by atoms with Crippen LogP contribution >= 0.6 is 0 Å². The van der Waals surface area contributed by atoms with Crippen LogP contribution in [0.1, 0.15) is 45.1 Å². The fourth-order valence-electron chi connectivity index (χ4n) is 3.36. The maximum Gasteiger partial charge on any atom is 0.326 e. The Morgan fingerprint density at radius 3 is 1.92 bits per heavy atom. The number of aliphatic carboxylic acids is 1. The number of benzene rings is 1. The highest BCUT2D eigenvalue weighted by Crippen LogP contribution is 2.12. The number of carboxylic acids is 1. The Labute approximate surface area is 215 Å². The minimum atomic E-state index is -1.57. The summed E-state index contributed by atoms with van der Waals surface area (Å²) in [5, 5.41) is 26.3. The lowest BCUT2D eigenvalue weighted by molar-refractivity contribution is -0.143. The standard InChI is InChI=1S/C24H38N6O7/c1-13(2)20(27)23(35)29-17(11-14-6-8-15(31)9-7-14)22(34)28-16(5-3-4-10-25)21(33)30-18(24(36)37)12-19(26)32/h6-9,13,16-18,20,31H,3-5,10-12,25,27H2,1-2H3,(H2,26,32)(H,28,34)(H,29,35)(H,30,33)(H,36,37). The van der Waals surface area contributed by atoms with Crippen molar-refractivity contribution >= 4 is 29.6 Å². The molecule has 37 heavy (non-hydrogen) atoms. The quantitative estimate of drug-likeness (QED) is 0.117. The van der Waals surface area contributed by atoms with E-state index < -0.39 is 60.2 Å². The summed E-state index contributed by atoms with van der Waals surface area (Å²) in [7, 11) is 0. The van der Waals surface area contributed by atoms with Gasteiger partial charge in [0.05, 0.1) is 12.5 Å². The van der Waals surface area contributed by atoms with Crippen molar-refractivity contribution in [1.82, 2.24) is 16.0 Å². The van der Waals surface area contributed by atoms with Gasteiger partial charge in [-0.2, -0.15) is 0 Å². The van der Waals surface area contributed by atoms with Crippen LogP contribution in [0.25, 0.3) is 0 Å². The molecule has 11 N–H and O–H groups in total. The van der Waals surface area contributed by atoms with Crippen molar-refractivity contribution in [2.75, 3.05) is 6.54 Å². The summed E-state index contributed by atoms with van der Waals surface area (Å²) in [6.07, 6.45) is 0.509. The van der Waals surface area contributed by atoms with Gasteiger partial charge in [-0.25, -0.2) is 4.79 Å². The van der Waals surface area contributed by atoms with Gasteiger partial charge >= 0.3 is 5.97 Å². The fourth-order valence-corrected chi connectivity index (χ4v) is 3.36. The number of carbonyl (C=O) groups is 5. The maximum absolute atomic E-state index is 13.3. The largest absolute Gasteiger partial charge is 0.508 e. The summed E-state index contributed by atoms with van der Waals surface area (Å²) in [6.45, 7) is 3.85. The number of phenols is 1. The summed E-state index contributed by atoms with van der Waals surface area (Å²) in [5.41, 5.74) is 17.1. The first-order chi connectivity index (χ1) is 17.3. The zero-order chi connectivity index (χ0) is 28.1. The van der Waals surface area contributed by atoms with Gasteiger partial charge in [0.1, 0.15) is 23.9 Å². The van der Waals surface area contributed by atoms with Crippen molar-refractivity contribution in [3.8, 4) is 5.75 Å². The summed E-state index contributed by atoms with van der Waals surface area (Å²) < 4.78 is 0. The lowest BCUT2D eigenvalue weighted by Gasteiger charge is -2.26. The molecule has 0 spiro atoms. The second-order valence-electron chi connectivity index (χ2n) is 9.12. The number of amides is 4. The summed E-state index contributed by atoms with van der Waals surface area (Å²) >= 11 is 0.